The maximum absolute atomic E-state index is 12.2. The van der Waals surface area contributed by atoms with Gasteiger partial charge in [-0.05, 0) is 83.4 Å². The fourth-order valence-corrected chi connectivity index (χ4v) is 4.75. The molecule has 32 heavy (non-hydrogen) atoms. The third kappa shape index (κ3) is 6.62. The maximum Gasteiger partial charge on any atom is 0.276 e. The van der Waals surface area contributed by atoms with E-state index in [9.17, 15) is 4.79 Å². The summed E-state index contributed by atoms with van der Waals surface area (Å²) in [6.45, 7) is 15.3. The average molecular weight is 435 g/mol. The lowest BCUT2D eigenvalue weighted by Gasteiger charge is -2.33. The molecule has 3 rings (SSSR count). The van der Waals surface area contributed by atoms with Gasteiger partial charge < -0.3 is 4.74 Å². The first kappa shape index (κ1) is 23.9. The number of nitrogens with one attached hydrogen (secondary N) is 2. The fourth-order valence-electron chi connectivity index (χ4n) is 4.75. The van der Waals surface area contributed by atoms with E-state index in [0.717, 1.165) is 24.8 Å². The molecule has 0 fully saturated rings. The lowest BCUT2D eigenvalue weighted by molar-refractivity contribution is -0.123. The zero-order valence-electron chi connectivity index (χ0n) is 20.3. The van der Waals surface area contributed by atoms with Crippen molar-refractivity contribution in [2.75, 3.05) is 6.61 Å². The molecule has 0 atom stereocenters. The lowest BCUT2D eigenvalue weighted by Crippen LogP contribution is -2.39. The minimum absolute atomic E-state index is 0.0603. The van der Waals surface area contributed by atoms with Gasteiger partial charge >= 0.3 is 0 Å². The van der Waals surface area contributed by atoms with Crippen LogP contribution >= 0.6 is 0 Å². The summed E-state index contributed by atoms with van der Waals surface area (Å²) in [5.74, 6) is 0.435. The molecule has 2 N–H and O–H groups in total. The van der Waals surface area contributed by atoms with Gasteiger partial charge in [0.2, 0.25) is 0 Å². The van der Waals surface area contributed by atoms with Crippen LogP contribution in [0.15, 0.2) is 49.0 Å². The lowest BCUT2D eigenvalue weighted by atomic mass is 9.72. The van der Waals surface area contributed by atoms with E-state index in [1.165, 1.54) is 29.5 Å². The van der Waals surface area contributed by atoms with E-state index in [1.54, 1.807) is 0 Å². The molecule has 0 saturated carbocycles. The normalized spacial score (nSPS) is 13.8. The zero-order chi connectivity index (χ0) is 23.4. The molecule has 172 valence electrons. The molecule has 1 aliphatic carbocycles. The highest BCUT2D eigenvalue weighted by atomic mass is 16.5. The highest BCUT2D eigenvalue weighted by molar-refractivity contribution is 5.78. The molecule has 0 radical (unpaired) electrons. The monoisotopic (exact) mass is 434 g/mol. The van der Waals surface area contributed by atoms with Crippen LogP contribution in [0.25, 0.3) is 5.70 Å². The van der Waals surface area contributed by atoms with Crippen LogP contribution in [-0.2, 0) is 23.1 Å². The Morgan fingerprint density at radius 2 is 1.59 bits per heavy atom. The SMILES string of the molecule is C=C(NNC(=O)COc1ccc(C(C)(C)CC(C)(C)C)cc1)c1ccc2c(c1)CCCC2. The standard InChI is InChI=1S/C28H38N2O2/c1-20(22-12-11-21-9-7-8-10-23(21)17-22)29-30-26(31)18-32-25-15-13-24(14-16-25)28(5,6)19-27(2,3)4/h11-17,29H,1,7-10,18-19H2,2-6H3,(H,30,31). The van der Waals surface area contributed by atoms with Gasteiger partial charge in [-0.15, -0.1) is 0 Å². The molecule has 0 aliphatic heterocycles. The third-order valence-electron chi connectivity index (χ3n) is 6.03. The van der Waals surface area contributed by atoms with E-state index < -0.39 is 0 Å². The van der Waals surface area contributed by atoms with E-state index in [0.29, 0.717) is 11.4 Å². The predicted molar refractivity (Wildman–Crippen MR) is 132 cm³/mol. The molecule has 4 nitrogen and oxygen atoms in total. The van der Waals surface area contributed by atoms with Crippen molar-refractivity contribution in [2.45, 2.75) is 72.1 Å². The second-order valence-corrected chi connectivity index (χ2v) is 10.8. The Balaban J connectivity index is 1.47. The van der Waals surface area contributed by atoms with E-state index in [2.05, 4.69) is 82.4 Å². The van der Waals surface area contributed by atoms with Crippen molar-refractivity contribution >= 4 is 11.6 Å². The van der Waals surface area contributed by atoms with Gasteiger partial charge in [-0.3, -0.25) is 15.6 Å². The maximum atomic E-state index is 12.2. The van der Waals surface area contributed by atoms with Crippen molar-refractivity contribution in [3.63, 3.8) is 0 Å². The molecule has 1 aliphatic rings. The van der Waals surface area contributed by atoms with Gasteiger partial charge in [0, 0.05) is 0 Å². The number of carbonyl (C=O) groups is 1. The summed E-state index contributed by atoms with van der Waals surface area (Å²) in [6.07, 6.45) is 5.85. The molecule has 0 bridgehead atoms. The third-order valence-corrected chi connectivity index (χ3v) is 6.03. The number of hydrogen-bond acceptors (Lipinski definition) is 3. The molecular weight excluding hydrogens is 396 g/mol. The number of benzene rings is 2. The van der Waals surface area contributed by atoms with Crippen LogP contribution < -0.4 is 15.6 Å². The summed E-state index contributed by atoms with van der Waals surface area (Å²) in [4.78, 5) is 12.2. The molecule has 2 aromatic carbocycles. The number of ether oxygens (including phenoxy) is 1. The van der Waals surface area contributed by atoms with Crippen molar-refractivity contribution in [3.05, 3.63) is 71.3 Å². The summed E-state index contributed by atoms with van der Waals surface area (Å²) in [5.41, 5.74) is 11.7. The zero-order valence-corrected chi connectivity index (χ0v) is 20.3. The molecule has 0 spiro atoms. The first-order valence-corrected chi connectivity index (χ1v) is 11.6. The quantitative estimate of drug-likeness (QED) is 0.505. The molecule has 0 saturated heterocycles. The van der Waals surface area contributed by atoms with Gasteiger partial charge in [-0.2, -0.15) is 0 Å². The molecule has 0 aromatic heterocycles. The van der Waals surface area contributed by atoms with E-state index in [1.807, 2.05) is 12.1 Å². The topological polar surface area (TPSA) is 50.4 Å². The molecular formula is C28H38N2O2. The summed E-state index contributed by atoms with van der Waals surface area (Å²) in [6, 6.07) is 14.5. The number of aryl methyl sites for hydroxylation is 2. The van der Waals surface area contributed by atoms with Crippen LogP contribution in [0.4, 0.5) is 0 Å². The van der Waals surface area contributed by atoms with Crippen molar-refractivity contribution < 1.29 is 9.53 Å². The van der Waals surface area contributed by atoms with Crippen molar-refractivity contribution in [1.82, 2.24) is 10.9 Å². The van der Waals surface area contributed by atoms with Gasteiger partial charge in [0.05, 0.1) is 5.70 Å². The number of hydrogen-bond donors (Lipinski definition) is 2. The summed E-state index contributed by atoms with van der Waals surface area (Å²) >= 11 is 0. The average Bonchev–Trinajstić information content (AvgIpc) is 2.74. The van der Waals surface area contributed by atoms with Crippen LogP contribution in [0, 0.1) is 5.41 Å². The van der Waals surface area contributed by atoms with Crippen LogP contribution in [0.5, 0.6) is 5.75 Å². The summed E-state index contributed by atoms with van der Waals surface area (Å²) in [7, 11) is 0. The van der Waals surface area contributed by atoms with Gasteiger partial charge in [0.1, 0.15) is 5.75 Å². The highest BCUT2D eigenvalue weighted by Gasteiger charge is 2.27. The summed E-state index contributed by atoms with van der Waals surface area (Å²) < 4.78 is 5.67. The van der Waals surface area contributed by atoms with Crippen molar-refractivity contribution in [3.8, 4) is 5.75 Å². The first-order valence-electron chi connectivity index (χ1n) is 11.6. The largest absolute Gasteiger partial charge is 0.484 e. The minimum atomic E-state index is -0.249. The van der Waals surface area contributed by atoms with Crippen molar-refractivity contribution in [1.29, 1.82) is 0 Å². The molecule has 0 heterocycles. The van der Waals surface area contributed by atoms with Crippen LogP contribution in [0.2, 0.25) is 0 Å². The number of carbonyl (C=O) groups excluding carboxylic acids is 1. The summed E-state index contributed by atoms with van der Waals surface area (Å²) in [5, 5.41) is 0. The molecule has 2 aromatic rings. The van der Waals surface area contributed by atoms with Crippen LogP contribution in [0.3, 0.4) is 0 Å². The van der Waals surface area contributed by atoms with Gasteiger partial charge in [0.25, 0.3) is 5.91 Å². The first-order chi connectivity index (χ1) is 15.0. The van der Waals surface area contributed by atoms with E-state index in [-0.39, 0.29) is 23.3 Å². The van der Waals surface area contributed by atoms with Crippen LogP contribution in [0.1, 0.15) is 76.1 Å². The number of amides is 1. The minimum Gasteiger partial charge on any atom is -0.484 e. The second-order valence-electron chi connectivity index (χ2n) is 10.8. The Bertz CT molecular complexity index is 952. The number of hydrazine groups is 1. The Morgan fingerprint density at radius 1 is 0.938 bits per heavy atom. The smallest absolute Gasteiger partial charge is 0.276 e. The number of rotatable bonds is 8. The predicted octanol–water partition coefficient (Wildman–Crippen LogP) is 5.95. The Labute approximate surface area is 193 Å². The Kier molecular flexibility index (Phi) is 7.33. The second kappa shape index (κ2) is 9.81. The van der Waals surface area contributed by atoms with Gasteiger partial charge in [0.15, 0.2) is 6.61 Å². The molecule has 1 amide bonds. The van der Waals surface area contributed by atoms with E-state index >= 15 is 0 Å². The highest BCUT2D eigenvalue weighted by Crippen LogP contribution is 2.36. The number of fused-ring (bicyclic) bond motifs is 1. The van der Waals surface area contributed by atoms with E-state index in [4.69, 9.17) is 4.74 Å². The van der Waals surface area contributed by atoms with Crippen molar-refractivity contribution in [2.24, 2.45) is 5.41 Å². The Morgan fingerprint density at radius 3 is 2.25 bits per heavy atom. The van der Waals surface area contributed by atoms with Crippen LogP contribution in [-0.4, -0.2) is 12.5 Å². The van der Waals surface area contributed by atoms with Gasteiger partial charge in [-0.25, -0.2) is 0 Å². The van der Waals surface area contributed by atoms with Gasteiger partial charge in [-0.1, -0.05) is 65.5 Å². The molecule has 0 unspecified atom stereocenters. The molecule has 4 heteroatoms. The Hall–Kier alpha value is -2.75. The fraction of sp³-hybridized carbons (Fsp3) is 0.464.